The zero-order valence-electron chi connectivity index (χ0n) is 8.69. The molecule has 2 aliphatic heterocycles. The van der Waals surface area contributed by atoms with Crippen LogP contribution >= 0.6 is 12.4 Å². The van der Waals surface area contributed by atoms with Crippen molar-refractivity contribution in [2.24, 2.45) is 0 Å². The number of carbonyl (C=O) groups excluding carboxylic acids is 1. The molecule has 1 atom stereocenters. The van der Waals surface area contributed by atoms with Crippen molar-refractivity contribution in [2.45, 2.75) is 19.0 Å². The molecule has 2 saturated heterocycles. The van der Waals surface area contributed by atoms with Crippen LogP contribution in [-0.2, 0) is 4.79 Å². The van der Waals surface area contributed by atoms with Gasteiger partial charge in [-0.15, -0.1) is 12.4 Å². The van der Waals surface area contributed by atoms with E-state index in [-0.39, 0.29) is 18.3 Å². The maximum atomic E-state index is 11.5. The van der Waals surface area contributed by atoms with Gasteiger partial charge in [-0.25, -0.2) is 0 Å². The zero-order valence-corrected chi connectivity index (χ0v) is 9.51. The monoisotopic (exact) mass is 219 g/mol. The van der Waals surface area contributed by atoms with Crippen LogP contribution in [-0.4, -0.2) is 61.0 Å². The van der Waals surface area contributed by atoms with E-state index in [4.69, 9.17) is 0 Å². The summed E-state index contributed by atoms with van der Waals surface area (Å²) in [6.07, 6.45) is 0. The fourth-order valence-electron chi connectivity index (χ4n) is 1.87. The highest BCUT2D eigenvalue weighted by Crippen LogP contribution is 2.13. The summed E-state index contributed by atoms with van der Waals surface area (Å²) >= 11 is 0. The molecule has 2 rings (SSSR count). The van der Waals surface area contributed by atoms with Crippen molar-refractivity contribution >= 4 is 18.3 Å². The lowest BCUT2D eigenvalue weighted by Gasteiger charge is -2.44. The molecule has 82 valence electrons. The summed E-state index contributed by atoms with van der Waals surface area (Å²) in [5, 5.41) is 3.23. The van der Waals surface area contributed by atoms with Crippen molar-refractivity contribution in [2.75, 3.05) is 33.2 Å². The van der Waals surface area contributed by atoms with Crippen LogP contribution in [0.15, 0.2) is 0 Å². The maximum absolute atomic E-state index is 11.5. The van der Waals surface area contributed by atoms with Crippen LogP contribution in [0.4, 0.5) is 0 Å². The van der Waals surface area contributed by atoms with Crippen LogP contribution in [0.3, 0.4) is 0 Å². The average molecular weight is 220 g/mol. The Balaban J connectivity index is 0.000000980. The normalized spacial score (nSPS) is 29.7. The molecule has 2 heterocycles. The van der Waals surface area contributed by atoms with Gasteiger partial charge < -0.3 is 10.2 Å². The summed E-state index contributed by atoms with van der Waals surface area (Å²) in [4.78, 5) is 15.7. The molecule has 1 unspecified atom stereocenters. The van der Waals surface area contributed by atoms with Crippen molar-refractivity contribution in [1.82, 2.24) is 15.1 Å². The third kappa shape index (κ3) is 2.02. The molecule has 2 aliphatic rings. The Morgan fingerprint density at radius 2 is 2.07 bits per heavy atom. The standard InChI is InChI=1S/C9H17N3O.ClH/c1-7-5-12(8-3-10-4-8)6-9(13)11(7)2;/h7-8,10H,3-6H2,1-2H3;1H. The van der Waals surface area contributed by atoms with Crippen LogP contribution < -0.4 is 5.32 Å². The van der Waals surface area contributed by atoms with Gasteiger partial charge in [-0.2, -0.15) is 0 Å². The number of piperazine rings is 1. The summed E-state index contributed by atoms with van der Waals surface area (Å²) in [5.74, 6) is 0.255. The Labute approximate surface area is 91.0 Å². The Hall–Kier alpha value is -0.320. The molecule has 0 saturated carbocycles. The first-order valence-corrected chi connectivity index (χ1v) is 4.89. The fourth-order valence-corrected chi connectivity index (χ4v) is 1.87. The van der Waals surface area contributed by atoms with Crippen molar-refractivity contribution in [1.29, 1.82) is 0 Å². The summed E-state index contributed by atoms with van der Waals surface area (Å²) in [7, 11) is 1.89. The topological polar surface area (TPSA) is 35.6 Å². The number of nitrogens with zero attached hydrogens (tertiary/aromatic N) is 2. The van der Waals surface area contributed by atoms with Crippen LogP contribution in [0.1, 0.15) is 6.92 Å². The van der Waals surface area contributed by atoms with Gasteiger partial charge in [0, 0.05) is 38.8 Å². The van der Waals surface area contributed by atoms with E-state index in [0.717, 1.165) is 19.6 Å². The summed E-state index contributed by atoms with van der Waals surface area (Å²) in [5.41, 5.74) is 0. The fraction of sp³-hybridized carbons (Fsp3) is 0.889. The molecule has 4 nitrogen and oxygen atoms in total. The Morgan fingerprint density at radius 3 is 2.50 bits per heavy atom. The first-order chi connectivity index (χ1) is 6.18. The molecule has 0 aromatic rings. The molecular formula is C9H18ClN3O. The van der Waals surface area contributed by atoms with E-state index in [2.05, 4.69) is 17.1 Å². The lowest BCUT2D eigenvalue weighted by Crippen LogP contribution is -2.64. The summed E-state index contributed by atoms with van der Waals surface area (Å²) in [6, 6.07) is 0.960. The van der Waals surface area contributed by atoms with Gasteiger partial charge in [0.25, 0.3) is 0 Å². The number of halogens is 1. The summed E-state index contributed by atoms with van der Waals surface area (Å²) in [6.45, 7) is 5.82. The predicted molar refractivity (Wildman–Crippen MR) is 57.7 cm³/mol. The molecule has 2 fully saturated rings. The lowest BCUT2D eigenvalue weighted by atomic mass is 10.1. The third-order valence-electron chi connectivity index (χ3n) is 3.17. The molecule has 0 aromatic carbocycles. The van der Waals surface area contributed by atoms with E-state index in [1.165, 1.54) is 0 Å². The largest absolute Gasteiger partial charge is 0.341 e. The first-order valence-electron chi connectivity index (χ1n) is 4.89. The smallest absolute Gasteiger partial charge is 0.236 e. The van der Waals surface area contributed by atoms with E-state index in [0.29, 0.717) is 18.6 Å². The van der Waals surface area contributed by atoms with E-state index in [9.17, 15) is 4.79 Å². The zero-order chi connectivity index (χ0) is 9.42. The highest BCUT2D eigenvalue weighted by Gasteiger charge is 2.33. The molecule has 5 heteroatoms. The van der Waals surface area contributed by atoms with Gasteiger partial charge in [0.2, 0.25) is 5.91 Å². The second-order valence-corrected chi connectivity index (χ2v) is 4.10. The van der Waals surface area contributed by atoms with Crippen molar-refractivity contribution in [3.8, 4) is 0 Å². The molecule has 0 bridgehead atoms. The van der Waals surface area contributed by atoms with Crippen LogP contribution in [0.25, 0.3) is 0 Å². The van der Waals surface area contributed by atoms with Gasteiger partial charge in [-0.3, -0.25) is 9.69 Å². The number of nitrogens with one attached hydrogen (secondary N) is 1. The van der Waals surface area contributed by atoms with Crippen LogP contribution in [0.5, 0.6) is 0 Å². The van der Waals surface area contributed by atoms with E-state index in [1.807, 2.05) is 11.9 Å². The van der Waals surface area contributed by atoms with Gasteiger partial charge in [-0.1, -0.05) is 0 Å². The third-order valence-corrected chi connectivity index (χ3v) is 3.17. The maximum Gasteiger partial charge on any atom is 0.236 e. The van der Waals surface area contributed by atoms with Crippen molar-refractivity contribution < 1.29 is 4.79 Å². The second-order valence-electron chi connectivity index (χ2n) is 4.10. The van der Waals surface area contributed by atoms with Crippen molar-refractivity contribution in [3.63, 3.8) is 0 Å². The molecule has 0 radical (unpaired) electrons. The van der Waals surface area contributed by atoms with Gasteiger partial charge in [0.1, 0.15) is 0 Å². The van der Waals surface area contributed by atoms with Gasteiger partial charge in [-0.05, 0) is 6.92 Å². The lowest BCUT2D eigenvalue weighted by molar-refractivity contribution is -0.139. The highest BCUT2D eigenvalue weighted by atomic mass is 35.5. The Kier molecular flexibility index (Phi) is 3.75. The molecule has 0 aromatic heterocycles. The van der Waals surface area contributed by atoms with Crippen molar-refractivity contribution in [3.05, 3.63) is 0 Å². The SMILES string of the molecule is CC1CN(C2CNC2)CC(=O)N1C.Cl. The number of hydrogen-bond donors (Lipinski definition) is 1. The number of likely N-dealkylation sites (N-methyl/N-ethyl adjacent to an activating group) is 1. The molecule has 0 aliphatic carbocycles. The second kappa shape index (κ2) is 4.47. The first kappa shape index (κ1) is 11.8. The van der Waals surface area contributed by atoms with Crippen LogP contribution in [0.2, 0.25) is 0 Å². The van der Waals surface area contributed by atoms with Gasteiger partial charge in [0.15, 0.2) is 0 Å². The molecule has 14 heavy (non-hydrogen) atoms. The van der Waals surface area contributed by atoms with Crippen LogP contribution in [0, 0.1) is 0 Å². The van der Waals surface area contributed by atoms with E-state index >= 15 is 0 Å². The Morgan fingerprint density at radius 1 is 1.43 bits per heavy atom. The summed E-state index contributed by atoms with van der Waals surface area (Å²) < 4.78 is 0. The number of carbonyl (C=O) groups is 1. The minimum Gasteiger partial charge on any atom is -0.341 e. The molecular weight excluding hydrogens is 202 g/mol. The minimum atomic E-state index is 0. The molecule has 1 N–H and O–H groups in total. The average Bonchev–Trinajstić information content (AvgIpc) is 1.96. The number of amides is 1. The van der Waals surface area contributed by atoms with Gasteiger partial charge in [0.05, 0.1) is 6.54 Å². The number of hydrogen-bond acceptors (Lipinski definition) is 3. The molecule has 1 amide bonds. The van der Waals surface area contributed by atoms with Gasteiger partial charge >= 0.3 is 0 Å². The number of rotatable bonds is 1. The minimum absolute atomic E-state index is 0. The van der Waals surface area contributed by atoms with E-state index in [1.54, 1.807) is 0 Å². The highest BCUT2D eigenvalue weighted by molar-refractivity contribution is 5.85. The molecule has 0 spiro atoms. The predicted octanol–water partition coefficient (Wildman–Crippen LogP) is -0.458. The van der Waals surface area contributed by atoms with E-state index < -0.39 is 0 Å². The quantitative estimate of drug-likeness (QED) is 0.649. The Bertz CT molecular complexity index is 220.